The van der Waals surface area contributed by atoms with E-state index in [1.165, 1.54) is 0 Å². The molecule has 1 atom stereocenters. The summed E-state index contributed by atoms with van der Waals surface area (Å²) >= 11 is 6.13. The maximum Gasteiger partial charge on any atom is 0.250 e. The second kappa shape index (κ2) is 7.62. The number of nitrogens with one attached hydrogen (secondary N) is 1. The topological polar surface area (TPSA) is 38.3 Å². The van der Waals surface area contributed by atoms with E-state index >= 15 is 0 Å². The molecule has 0 aromatic heterocycles. The summed E-state index contributed by atoms with van der Waals surface area (Å²) in [6.45, 7) is 16.7. The van der Waals surface area contributed by atoms with Gasteiger partial charge in [-0.25, -0.2) is 4.21 Å². The summed E-state index contributed by atoms with van der Waals surface area (Å²) in [6.07, 6.45) is 1.72. The first-order valence-corrected chi connectivity index (χ1v) is 12.5. The van der Waals surface area contributed by atoms with Crippen molar-refractivity contribution in [3.63, 3.8) is 0 Å². The zero-order valence-corrected chi connectivity index (χ0v) is 18.6. The second-order valence-electron chi connectivity index (χ2n) is 8.38. The zero-order valence-electron chi connectivity index (χ0n) is 16.0. The van der Waals surface area contributed by atoms with Gasteiger partial charge in [0.2, 0.25) is 0 Å². The SMILES string of the molecule is CC(C)(C)S(=O)NC=C(O[Si](C)(C)C(C)(C)C)c1cccc(Cl)c1. The van der Waals surface area contributed by atoms with Gasteiger partial charge >= 0.3 is 0 Å². The minimum atomic E-state index is -2.04. The molecule has 136 valence electrons. The van der Waals surface area contributed by atoms with Gasteiger partial charge in [-0.15, -0.1) is 0 Å². The minimum absolute atomic E-state index is 0.0633. The van der Waals surface area contributed by atoms with Gasteiger partial charge in [0.1, 0.15) is 16.7 Å². The molecule has 0 aliphatic carbocycles. The molecule has 0 heterocycles. The molecule has 0 saturated heterocycles. The van der Waals surface area contributed by atoms with Crippen LogP contribution >= 0.6 is 11.6 Å². The van der Waals surface area contributed by atoms with Crippen molar-refractivity contribution in [2.75, 3.05) is 0 Å². The van der Waals surface area contributed by atoms with Gasteiger partial charge < -0.3 is 9.15 Å². The van der Waals surface area contributed by atoms with E-state index in [1.807, 2.05) is 45.0 Å². The fraction of sp³-hybridized carbons (Fsp3) is 0.556. The van der Waals surface area contributed by atoms with Crippen LogP contribution in [0.4, 0.5) is 0 Å². The van der Waals surface area contributed by atoms with Crippen LogP contribution in [0.2, 0.25) is 23.2 Å². The lowest BCUT2D eigenvalue weighted by molar-refractivity contribution is 0.456. The van der Waals surface area contributed by atoms with Crippen molar-refractivity contribution >= 4 is 36.7 Å². The van der Waals surface area contributed by atoms with Crippen LogP contribution in [0.25, 0.3) is 5.76 Å². The molecule has 1 aromatic carbocycles. The van der Waals surface area contributed by atoms with Gasteiger partial charge in [0.15, 0.2) is 0 Å². The highest BCUT2D eigenvalue weighted by Crippen LogP contribution is 2.39. The summed E-state index contributed by atoms with van der Waals surface area (Å²) in [6, 6.07) is 7.53. The third-order valence-corrected chi connectivity index (χ3v) is 10.2. The first-order chi connectivity index (χ1) is 10.7. The molecule has 1 aromatic rings. The van der Waals surface area contributed by atoms with Crippen LogP contribution in [0, 0.1) is 0 Å². The van der Waals surface area contributed by atoms with E-state index in [9.17, 15) is 4.21 Å². The van der Waals surface area contributed by atoms with E-state index in [0.717, 1.165) is 5.56 Å². The molecule has 0 spiro atoms. The maximum absolute atomic E-state index is 12.3. The highest BCUT2D eigenvalue weighted by Gasteiger charge is 2.39. The van der Waals surface area contributed by atoms with E-state index in [-0.39, 0.29) is 9.79 Å². The summed E-state index contributed by atoms with van der Waals surface area (Å²) in [7, 11) is -3.25. The van der Waals surface area contributed by atoms with Crippen LogP contribution in [0.15, 0.2) is 30.5 Å². The van der Waals surface area contributed by atoms with Gasteiger partial charge in [0, 0.05) is 10.6 Å². The molecule has 0 bridgehead atoms. The Morgan fingerprint density at radius 2 is 1.79 bits per heavy atom. The third-order valence-electron chi connectivity index (χ3n) is 4.13. The lowest BCUT2D eigenvalue weighted by Gasteiger charge is -2.37. The van der Waals surface area contributed by atoms with Gasteiger partial charge in [0.05, 0.1) is 10.9 Å². The largest absolute Gasteiger partial charge is 0.542 e. The van der Waals surface area contributed by atoms with Crippen molar-refractivity contribution in [2.45, 2.75) is 64.4 Å². The van der Waals surface area contributed by atoms with Crippen LogP contribution in [-0.2, 0) is 15.4 Å². The fourth-order valence-electron chi connectivity index (χ4n) is 1.53. The third kappa shape index (κ3) is 5.94. The Morgan fingerprint density at radius 1 is 1.21 bits per heavy atom. The first kappa shape index (κ1) is 21.3. The molecule has 0 fully saturated rings. The van der Waals surface area contributed by atoms with Crippen molar-refractivity contribution in [3.8, 4) is 0 Å². The predicted octanol–water partition coefficient (Wildman–Crippen LogP) is 5.71. The molecule has 0 amide bonds. The number of hydrogen-bond donors (Lipinski definition) is 1. The minimum Gasteiger partial charge on any atom is -0.542 e. The molecular formula is C18H30ClNO2SSi. The maximum atomic E-state index is 12.3. The van der Waals surface area contributed by atoms with Crippen LogP contribution in [0.3, 0.4) is 0 Å². The second-order valence-corrected chi connectivity index (χ2v) is 15.5. The fourth-order valence-corrected chi connectivity index (χ4v) is 3.32. The van der Waals surface area contributed by atoms with E-state index in [4.69, 9.17) is 16.0 Å². The summed E-state index contributed by atoms with van der Waals surface area (Å²) in [5, 5.41) is 0.711. The van der Waals surface area contributed by atoms with E-state index in [0.29, 0.717) is 10.8 Å². The average molecular weight is 388 g/mol. The standard InChI is InChI=1S/C18H30ClNO2SSi/c1-17(2,3)23(21)20-13-16(14-10-9-11-15(19)12-14)22-24(7,8)18(4,5)6/h9-13,20H,1-8H3. The Labute approximate surface area is 155 Å². The molecule has 3 nitrogen and oxygen atoms in total. The smallest absolute Gasteiger partial charge is 0.250 e. The monoisotopic (exact) mass is 387 g/mol. The van der Waals surface area contributed by atoms with Gasteiger partial charge in [0.25, 0.3) is 8.32 Å². The number of hydrogen-bond acceptors (Lipinski definition) is 2. The number of rotatable bonds is 5. The lowest BCUT2D eigenvalue weighted by atomic mass is 10.2. The Kier molecular flexibility index (Phi) is 6.75. The molecule has 0 aliphatic rings. The highest BCUT2D eigenvalue weighted by atomic mass is 35.5. The van der Waals surface area contributed by atoms with Gasteiger partial charge in [-0.3, -0.25) is 0 Å². The normalized spacial score (nSPS) is 15.1. The average Bonchev–Trinajstić information content (AvgIpc) is 2.40. The molecular weight excluding hydrogens is 358 g/mol. The highest BCUT2D eigenvalue weighted by molar-refractivity contribution is 7.84. The summed E-state index contributed by atoms with van der Waals surface area (Å²) in [5.74, 6) is 0.682. The van der Waals surface area contributed by atoms with E-state index in [2.05, 4.69) is 38.6 Å². The molecule has 6 heteroatoms. The zero-order chi connectivity index (χ0) is 18.8. The van der Waals surface area contributed by atoms with Gasteiger partial charge in [-0.1, -0.05) is 44.5 Å². The van der Waals surface area contributed by atoms with E-state index < -0.39 is 19.3 Å². The van der Waals surface area contributed by atoms with Crippen molar-refractivity contribution in [1.82, 2.24) is 4.72 Å². The Balaban J connectivity index is 3.20. The predicted molar refractivity (Wildman–Crippen MR) is 109 cm³/mol. The van der Waals surface area contributed by atoms with Crippen molar-refractivity contribution < 1.29 is 8.63 Å². The van der Waals surface area contributed by atoms with Crippen molar-refractivity contribution in [2.24, 2.45) is 0 Å². The molecule has 0 saturated carbocycles. The van der Waals surface area contributed by atoms with Crippen LogP contribution < -0.4 is 4.72 Å². The molecule has 24 heavy (non-hydrogen) atoms. The van der Waals surface area contributed by atoms with Crippen LogP contribution in [0.5, 0.6) is 0 Å². The Morgan fingerprint density at radius 3 is 2.25 bits per heavy atom. The number of benzene rings is 1. The van der Waals surface area contributed by atoms with Crippen LogP contribution in [0.1, 0.15) is 47.1 Å². The molecule has 1 unspecified atom stereocenters. The Hall–Kier alpha value is -0.783. The Bertz CT molecular complexity index is 631. The molecule has 1 N–H and O–H groups in total. The first-order valence-electron chi connectivity index (χ1n) is 8.07. The van der Waals surface area contributed by atoms with Crippen molar-refractivity contribution in [1.29, 1.82) is 0 Å². The lowest BCUT2D eigenvalue weighted by Crippen LogP contribution is -2.40. The molecule has 0 aliphatic heterocycles. The summed E-state index contributed by atoms with van der Waals surface area (Å²) in [4.78, 5) is 0. The van der Waals surface area contributed by atoms with Gasteiger partial charge in [-0.05, 0) is 51.0 Å². The van der Waals surface area contributed by atoms with Crippen LogP contribution in [-0.4, -0.2) is 17.3 Å². The van der Waals surface area contributed by atoms with E-state index in [1.54, 1.807) is 6.20 Å². The quantitative estimate of drug-likeness (QED) is 0.518. The summed E-state index contributed by atoms with van der Waals surface area (Å²) in [5.41, 5.74) is 0.880. The number of halogens is 1. The van der Waals surface area contributed by atoms with Gasteiger partial charge in [-0.2, -0.15) is 0 Å². The summed E-state index contributed by atoms with van der Waals surface area (Å²) < 4.78 is 21.4. The van der Waals surface area contributed by atoms with Crippen molar-refractivity contribution in [3.05, 3.63) is 41.1 Å². The molecule has 0 radical (unpaired) electrons. The molecule has 1 rings (SSSR count).